The van der Waals surface area contributed by atoms with Gasteiger partial charge in [-0.25, -0.2) is 9.97 Å². The molecule has 0 atom stereocenters. The fraction of sp³-hybridized carbons (Fsp3) is 0.381. The molecule has 1 amide bonds. The SMILES string of the molecule is C=CCN1C(=O)CC2(CCN(c3cc(OC)ncn3)CC2)c2ccccc21. The molecule has 1 fully saturated rings. The molecule has 0 unspecified atom stereocenters. The van der Waals surface area contributed by atoms with Gasteiger partial charge in [-0.2, -0.15) is 0 Å². The summed E-state index contributed by atoms with van der Waals surface area (Å²) in [7, 11) is 1.61. The zero-order valence-corrected chi connectivity index (χ0v) is 15.6. The van der Waals surface area contributed by atoms with Gasteiger partial charge < -0.3 is 14.5 Å². The molecule has 140 valence electrons. The predicted octanol–water partition coefficient (Wildman–Crippen LogP) is 2.95. The summed E-state index contributed by atoms with van der Waals surface area (Å²) in [6.07, 6.45) is 5.72. The van der Waals surface area contributed by atoms with Crippen molar-refractivity contribution in [3.05, 3.63) is 54.9 Å². The van der Waals surface area contributed by atoms with Gasteiger partial charge in [0.05, 0.1) is 7.11 Å². The molecule has 1 spiro atoms. The van der Waals surface area contributed by atoms with Gasteiger partial charge in [-0.15, -0.1) is 6.58 Å². The van der Waals surface area contributed by atoms with E-state index in [0.717, 1.165) is 37.4 Å². The van der Waals surface area contributed by atoms with Crippen molar-refractivity contribution in [2.24, 2.45) is 0 Å². The lowest BCUT2D eigenvalue weighted by Gasteiger charge is -2.47. The minimum absolute atomic E-state index is 0.0983. The second-order valence-electron chi connectivity index (χ2n) is 7.17. The highest BCUT2D eigenvalue weighted by molar-refractivity contribution is 5.98. The Balaban J connectivity index is 1.61. The molecule has 2 aliphatic rings. The molecule has 0 aliphatic carbocycles. The number of amides is 1. The topological polar surface area (TPSA) is 58.6 Å². The number of hydrogen-bond acceptors (Lipinski definition) is 5. The summed E-state index contributed by atoms with van der Waals surface area (Å²) in [5.41, 5.74) is 2.22. The molecule has 0 bridgehead atoms. The normalized spacial score (nSPS) is 18.3. The standard InChI is InChI=1S/C21H24N4O2/c1-3-10-25-17-7-5-4-6-16(17)21(14-20(25)26)8-11-24(12-9-21)18-13-19(27-2)23-15-22-18/h3-7,13,15H,1,8-12,14H2,2H3. The summed E-state index contributed by atoms with van der Waals surface area (Å²) in [6, 6.07) is 10.2. The predicted molar refractivity (Wildman–Crippen MR) is 105 cm³/mol. The monoisotopic (exact) mass is 364 g/mol. The maximum absolute atomic E-state index is 12.9. The number of rotatable bonds is 4. The molecule has 0 saturated carbocycles. The van der Waals surface area contributed by atoms with Crippen molar-refractivity contribution < 1.29 is 9.53 Å². The number of hydrogen-bond donors (Lipinski definition) is 0. The van der Waals surface area contributed by atoms with Crippen molar-refractivity contribution in [2.45, 2.75) is 24.7 Å². The summed E-state index contributed by atoms with van der Waals surface area (Å²) in [6.45, 7) is 6.06. The molecular weight excluding hydrogens is 340 g/mol. The van der Waals surface area contributed by atoms with E-state index in [1.807, 2.05) is 17.0 Å². The molecule has 1 aromatic carbocycles. The Hall–Kier alpha value is -2.89. The summed E-state index contributed by atoms with van der Waals surface area (Å²) in [4.78, 5) is 25.5. The van der Waals surface area contributed by atoms with Crippen LogP contribution < -0.4 is 14.5 Å². The first-order valence-corrected chi connectivity index (χ1v) is 9.29. The van der Waals surface area contributed by atoms with E-state index in [1.54, 1.807) is 13.2 Å². The van der Waals surface area contributed by atoms with Gasteiger partial charge in [0.2, 0.25) is 11.8 Å². The van der Waals surface area contributed by atoms with Crippen LogP contribution in [0.15, 0.2) is 49.3 Å². The van der Waals surface area contributed by atoms with E-state index in [4.69, 9.17) is 4.74 Å². The molecule has 4 rings (SSSR count). The number of nitrogens with zero attached hydrogens (tertiary/aromatic N) is 4. The maximum Gasteiger partial charge on any atom is 0.228 e. The number of fused-ring (bicyclic) bond motifs is 2. The van der Waals surface area contributed by atoms with E-state index in [1.165, 1.54) is 11.9 Å². The molecule has 2 aliphatic heterocycles. The number of aromatic nitrogens is 2. The molecule has 1 saturated heterocycles. The van der Waals surface area contributed by atoms with Crippen molar-refractivity contribution in [1.29, 1.82) is 0 Å². The quantitative estimate of drug-likeness (QED) is 0.781. The fourth-order valence-corrected chi connectivity index (χ4v) is 4.33. The third-order valence-corrected chi connectivity index (χ3v) is 5.75. The van der Waals surface area contributed by atoms with Crippen molar-refractivity contribution in [1.82, 2.24) is 9.97 Å². The van der Waals surface area contributed by atoms with Crippen LogP contribution in [0.2, 0.25) is 0 Å². The average Bonchev–Trinajstić information content (AvgIpc) is 2.72. The second-order valence-corrected chi connectivity index (χ2v) is 7.17. The molecule has 3 heterocycles. The molecule has 2 aromatic rings. The van der Waals surface area contributed by atoms with Gasteiger partial charge in [0.1, 0.15) is 12.1 Å². The third kappa shape index (κ3) is 3.05. The molecule has 6 nitrogen and oxygen atoms in total. The lowest BCUT2D eigenvalue weighted by Crippen LogP contribution is -2.50. The zero-order chi connectivity index (χ0) is 18.9. The number of piperidine rings is 1. The van der Waals surface area contributed by atoms with Crippen LogP contribution in [-0.2, 0) is 10.2 Å². The van der Waals surface area contributed by atoms with Crippen LogP contribution in [0.3, 0.4) is 0 Å². The number of carbonyl (C=O) groups excluding carboxylic acids is 1. The third-order valence-electron chi connectivity index (χ3n) is 5.75. The lowest BCUT2D eigenvalue weighted by molar-refractivity contribution is -0.120. The van der Waals surface area contributed by atoms with Crippen LogP contribution in [0.5, 0.6) is 5.88 Å². The molecule has 6 heteroatoms. The second kappa shape index (κ2) is 7.02. The van der Waals surface area contributed by atoms with Gasteiger partial charge in [0.15, 0.2) is 0 Å². The Labute approximate surface area is 159 Å². The molecule has 0 N–H and O–H groups in total. The van der Waals surface area contributed by atoms with Gasteiger partial charge in [-0.3, -0.25) is 4.79 Å². The first-order chi connectivity index (χ1) is 13.2. The van der Waals surface area contributed by atoms with Crippen LogP contribution in [0, 0.1) is 0 Å². The Morgan fingerprint density at radius 3 is 2.78 bits per heavy atom. The van der Waals surface area contributed by atoms with Gasteiger partial charge in [0.25, 0.3) is 0 Å². The van der Waals surface area contributed by atoms with Gasteiger partial charge in [-0.1, -0.05) is 24.3 Å². The molecule has 27 heavy (non-hydrogen) atoms. The number of ether oxygens (including phenoxy) is 1. The van der Waals surface area contributed by atoms with Crippen molar-refractivity contribution >= 4 is 17.4 Å². The first kappa shape index (κ1) is 17.5. The fourth-order valence-electron chi connectivity index (χ4n) is 4.33. The van der Waals surface area contributed by atoms with Gasteiger partial charge in [0, 0.05) is 43.2 Å². The smallest absolute Gasteiger partial charge is 0.228 e. The van der Waals surface area contributed by atoms with E-state index >= 15 is 0 Å². The van der Waals surface area contributed by atoms with Gasteiger partial charge >= 0.3 is 0 Å². The highest BCUT2D eigenvalue weighted by Crippen LogP contribution is 2.47. The molecule has 1 aromatic heterocycles. The van der Waals surface area contributed by atoms with Crippen LogP contribution in [0.4, 0.5) is 11.5 Å². The largest absolute Gasteiger partial charge is 0.481 e. The van der Waals surface area contributed by atoms with E-state index in [2.05, 4.69) is 39.6 Å². The number of anilines is 2. The number of para-hydroxylation sites is 1. The minimum Gasteiger partial charge on any atom is -0.481 e. The van der Waals surface area contributed by atoms with Crippen LogP contribution in [-0.4, -0.2) is 42.6 Å². The molecule has 0 radical (unpaired) electrons. The van der Waals surface area contributed by atoms with E-state index in [9.17, 15) is 4.79 Å². The summed E-state index contributed by atoms with van der Waals surface area (Å²) >= 11 is 0. The van der Waals surface area contributed by atoms with E-state index in [-0.39, 0.29) is 11.3 Å². The van der Waals surface area contributed by atoms with Crippen LogP contribution in [0.25, 0.3) is 0 Å². The maximum atomic E-state index is 12.9. The minimum atomic E-state index is -0.0983. The lowest BCUT2D eigenvalue weighted by atomic mass is 9.67. The Bertz CT molecular complexity index is 859. The van der Waals surface area contributed by atoms with Crippen molar-refractivity contribution in [3.63, 3.8) is 0 Å². The van der Waals surface area contributed by atoms with Crippen LogP contribution >= 0.6 is 0 Å². The highest BCUT2D eigenvalue weighted by Gasteiger charge is 2.44. The number of methoxy groups -OCH3 is 1. The number of benzene rings is 1. The average molecular weight is 364 g/mol. The Morgan fingerprint density at radius 2 is 2.04 bits per heavy atom. The van der Waals surface area contributed by atoms with E-state index < -0.39 is 0 Å². The first-order valence-electron chi connectivity index (χ1n) is 9.29. The van der Waals surface area contributed by atoms with Crippen molar-refractivity contribution in [3.8, 4) is 5.88 Å². The molecular formula is C21H24N4O2. The summed E-state index contributed by atoms with van der Waals surface area (Å²) in [5.74, 6) is 1.63. The zero-order valence-electron chi connectivity index (χ0n) is 15.6. The van der Waals surface area contributed by atoms with Gasteiger partial charge in [-0.05, 0) is 24.5 Å². The van der Waals surface area contributed by atoms with Crippen LogP contribution in [0.1, 0.15) is 24.8 Å². The Kier molecular flexibility index (Phi) is 4.56. The Morgan fingerprint density at radius 1 is 1.26 bits per heavy atom. The van der Waals surface area contributed by atoms with E-state index in [0.29, 0.717) is 18.8 Å². The number of carbonyl (C=O) groups is 1. The summed E-state index contributed by atoms with van der Waals surface area (Å²) in [5, 5.41) is 0. The highest BCUT2D eigenvalue weighted by atomic mass is 16.5. The summed E-state index contributed by atoms with van der Waals surface area (Å²) < 4.78 is 5.21. The van der Waals surface area contributed by atoms with Crippen molar-refractivity contribution in [2.75, 3.05) is 36.5 Å².